The van der Waals surface area contributed by atoms with Crippen LogP contribution in [-0.2, 0) is 11.2 Å². The zero-order chi connectivity index (χ0) is 15.2. The van der Waals surface area contributed by atoms with E-state index in [0.717, 1.165) is 12.0 Å². The first-order valence-corrected chi connectivity index (χ1v) is 6.70. The second-order valence-electron chi connectivity index (χ2n) is 5.72. The van der Waals surface area contributed by atoms with Crippen molar-refractivity contribution in [2.75, 3.05) is 13.1 Å². The van der Waals surface area contributed by atoms with Crippen molar-refractivity contribution in [3.8, 4) is 0 Å². The minimum Gasteiger partial charge on any atom is -0.350 e. The number of hydrogen-bond acceptors (Lipinski definition) is 3. The lowest BCUT2D eigenvalue weighted by molar-refractivity contribution is -0.121. The van der Waals surface area contributed by atoms with Crippen LogP contribution in [0, 0.1) is 0 Å². The molecule has 4 N–H and O–H groups in total. The lowest BCUT2D eigenvalue weighted by Crippen LogP contribution is -2.45. The van der Waals surface area contributed by atoms with Crippen LogP contribution in [0.4, 0.5) is 0 Å². The molecule has 0 atom stereocenters. The van der Waals surface area contributed by atoms with Crippen molar-refractivity contribution in [1.29, 1.82) is 0 Å². The molecule has 110 valence electrons. The van der Waals surface area contributed by atoms with Crippen LogP contribution in [0.3, 0.4) is 0 Å². The monoisotopic (exact) mass is 277 g/mol. The van der Waals surface area contributed by atoms with Gasteiger partial charge >= 0.3 is 0 Å². The normalized spacial score (nSPS) is 11.0. The van der Waals surface area contributed by atoms with Gasteiger partial charge in [-0.3, -0.25) is 9.59 Å². The van der Waals surface area contributed by atoms with Crippen molar-refractivity contribution in [3.63, 3.8) is 0 Å². The van der Waals surface area contributed by atoms with Crippen molar-refractivity contribution < 1.29 is 9.59 Å². The Bertz CT molecular complexity index is 461. The van der Waals surface area contributed by atoms with Gasteiger partial charge in [-0.05, 0) is 51.4 Å². The highest BCUT2D eigenvalue weighted by Gasteiger charge is 2.14. The summed E-state index contributed by atoms with van der Waals surface area (Å²) < 4.78 is 0. The molecule has 2 amide bonds. The van der Waals surface area contributed by atoms with E-state index < -0.39 is 0 Å². The molecule has 0 bridgehead atoms. The number of nitrogens with two attached hydrogens (primary N) is 1. The fraction of sp³-hybridized carbons (Fsp3) is 0.467. The van der Waals surface area contributed by atoms with Crippen molar-refractivity contribution >= 4 is 11.8 Å². The maximum atomic E-state index is 11.9. The van der Waals surface area contributed by atoms with Crippen LogP contribution in [0.25, 0.3) is 0 Å². The number of hydrogen-bond donors (Lipinski definition) is 3. The highest BCUT2D eigenvalue weighted by atomic mass is 16.2. The Kier molecular flexibility index (Phi) is 5.70. The van der Waals surface area contributed by atoms with Gasteiger partial charge in [0, 0.05) is 11.1 Å². The second kappa shape index (κ2) is 7.05. The summed E-state index contributed by atoms with van der Waals surface area (Å²) in [6.45, 7) is 6.23. The van der Waals surface area contributed by atoms with Crippen LogP contribution >= 0.6 is 0 Å². The Morgan fingerprint density at radius 3 is 2.25 bits per heavy atom. The summed E-state index contributed by atoms with van der Waals surface area (Å²) in [6, 6.07) is 7.22. The number of nitrogens with one attached hydrogen (secondary N) is 2. The van der Waals surface area contributed by atoms with Gasteiger partial charge in [0.1, 0.15) is 0 Å². The molecular weight excluding hydrogens is 254 g/mol. The molecule has 0 saturated carbocycles. The third-order valence-corrected chi connectivity index (χ3v) is 2.57. The van der Waals surface area contributed by atoms with E-state index in [2.05, 4.69) is 10.6 Å². The average molecular weight is 277 g/mol. The van der Waals surface area contributed by atoms with E-state index in [1.807, 2.05) is 32.9 Å². The van der Waals surface area contributed by atoms with Gasteiger partial charge in [-0.2, -0.15) is 0 Å². The molecule has 20 heavy (non-hydrogen) atoms. The predicted molar refractivity (Wildman–Crippen MR) is 79.4 cm³/mol. The van der Waals surface area contributed by atoms with Gasteiger partial charge in [-0.1, -0.05) is 12.1 Å². The summed E-state index contributed by atoms with van der Waals surface area (Å²) in [5.41, 5.74) is 6.79. The average Bonchev–Trinajstić information content (AvgIpc) is 2.35. The van der Waals surface area contributed by atoms with E-state index >= 15 is 0 Å². The molecule has 1 aromatic rings. The second-order valence-corrected chi connectivity index (χ2v) is 5.72. The molecule has 0 aromatic heterocycles. The maximum Gasteiger partial charge on any atom is 0.251 e. The first-order chi connectivity index (χ1) is 9.31. The maximum absolute atomic E-state index is 11.9. The van der Waals surface area contributed by atoms with Gasteiger partial charge in [0.05, 0.1) is 6.54 Å². The molecule has 1 rings (SSSR count). The van der Waals surface area contributed by atoms with Crippen molar-refractivity contribution in [1.82, 2.24) is 10.6 Å². The van der Waals surface area contributed by atoms with E-state index in [9.17, 15) is 9.59 Å². The predicted octanol–water partition coefficient (Wildman–Crippen LogP) is 0.832. The van der Waals surface area contributed by atoms with E-state index in [0.29, 0.717) is 12.1 Å². The smallest absolute Gasteiger partial charge is 0.251 e. The van der Waals surface area contributed by atoms with Crippen LogP contribution in [0.15, 0.2) is 24.3 Å². The van der Waals surface area contributed by atoms with Crippen LogP contribution in [-0.4, -0.2) is 30.4 Å². The zero-order valence-corrected chi connectivity index (χ0v) is 12.3. The summed E-state index contributed by atoms with van der Waals surface area (Å²) in [4.78, 5) is 23.5. The molecule has 0 aliphatic heterocycles. The Morgan fingerprint density at radius 1 is 1.15 bits per heavy atom. The van der Waals surface area contributed by atoms with Gasteiger partial charge in [0.2, 0.25) is 5.91 Å². The lowest BCUT2D eigenvalue weighted by atomic mass is 10.1. The fourth-order valence-electron chi connectivity index (χ4n) is 1.71. The molecule has 0 saturated heterocycles. The summed E-state index contributed by atoms with van der Waals surface area (Å²) in [7, 11) is 0. The first-order valence-electron chi connectivity index (χ1n) is 6.70. The Balaban J connectivity index is 2.48. The Hall–Kier alpha value is -1.88. The van der Waals surface area contributed by atoms with Gasteiger partial charge in [-0.15, -0.1) is 0 Å². The summed E-state index contributed by atoms with van der Waals surface area (Å²) in [5, 5.41) is 5.38. The molecule has 1 aromatic carbocycles. The van der Waals surface area contributed by atoms with Crippen molar-refractivity contribution in [2.45, 2.75) is 32.7 Å². The minimum absolute atomic E-state index is 0.0271. The van der Waals surface area contributed by atoms with Crippen molar-refractivity contribution in [2.24, 2.45) is 5.73 Å². The van der Waals surface area contributed by atoms with E-state index in [4.69, 9.17) is 5.73 Å². The molecule has 5 heteroatoms. The number of benzene rings is 1. The molecule has 0 aliphatic rings. The molecule has 0 fully saturated rings. The summed E-state index contributed by atoms with van der Waals surface area (Å²) >= 11 is 0. The SMILES string of the molecule is CC(C)(C)NC(=O)CNC(=O)c1ccc(CCN)cc1. The molecule has 0 aliphatic carbocycles. The van der Waals surface area contributed by atoms with Gasteiger partial charge < -0.3 is 16.4 Å². The zero-order valence-electron chi connectivity index (χ0n) is 12.3. The fourth-order valence-corrected chi connectivity index (χ4v) is 1.71. The highest BCUT2D eigenvalue weighted by Crippen LogP contribution is 2.04. The van der Waals surface area contributed by atoms with E-state index in [1.54, 1.807) is 12.1 Å². The van der Waals surface area contributed by atoms with Gasteiger partial charge in [-0.25, -0.2) is 0 Å². The topological polar surface area (TPSA) is 84.2 Å². The van der Waals surface area contributed by atoms with Crippen LogP contribution in [0.2, 0.25) is 0 Å². The molecule has 0 spiro atoms. The minimum atomic E-state index is -0.300. The number of amides is 2. The van der Waals surface area contributed by atoms with E-state index in [-0.39, 0.29) is 23.9 Å². The summed E-state index contributed by atoms with van der Waals surface area (Å²) in [6.07, 6.45) is 0.788. The quantitative estimate of drug-likeness (QED) is 0.745. The van der Waals surface area contributed by atoms with Crippen LogP contribution in [0.1, 0.15) is 36.7 Å². The lowest BCUT2D eigenvalue weighted by Gasteiger charge is -2.20. The Labute approximate surface area is 119 Å². The van der Waals surface area contributed by atoms with Gasteiger partial charge in [0.15, 0.2) is 0 Å². The standard InChI is InChI=1S/C15H23N3O2/c1-15(2,3)18-13(19)10-17-14(20)12-6-4-11(5-7-12)8-9-16/h4-7H,8-10,16H2,1-3H3,(H,17,20)(H,18,19). The van der Waals surface area contributed by atoms with Gasteiger partial charge in [0.25, 0.3) is 5.91 Å². The van der Waals surface area contributed by atoms with Crippen molar-refractivity contribution in [3.05, 3.63) is 35.4 Å². The molecular formula is C15H23N3O2. The molecule has 0 unspecified atom stereocenters. The van der Waals surface area contributed by atoms with Crippen LogP contribution < -0.4 is 16.4 Å². The number of carbonyl (C=O) groups is 2. The molecule has 0 radical (unpaired) electrons. The third kappa shape index (κ3) is 5.84. The largest absolute Gasteiger partial charge is 0.350 e. The van der Waals surface area contributed by atoms with Crippen LogP contribution in [0.5, 0.6) is 0 Å². The molecule has 5 nitrogen and oxygen atoms in total. The third-order valence-electron chi connectivity index (χ3n) is 2.57. The summed E-state index contributed by atoms with van der Waals surface area (Å²) in [5.74, 6) is -0.459. The number of carbonyl (C=O) groups excluding carboxylic acids is 2. The highest BCUT2D eigenvalue weighted by molar-refractivity contribution is 5.96. The van der Waals surface area contributed by atoms with E-state index in [1.165, 1.54) is 0 Å². The Morgan fingerprint density at radius 2 is 1.75 bits per heavy atom. The molecule has 0 heterocycles. The first kappa shape index (κ1) is 16.2. The number of rotatable bonds is 5.